The highest BCUT2D eigenvalue weighted by Crippen LogP contribution is 2.42. The molecule has 4 nitrogen and oxygen atoms in total. The molecule has 1 heterocycles. The zero-order valence-electron chi connectivity index (χ0n) is 11.3. The third-order valence-corrected chi connectivity index (χ3v) is 5.38. The number of hydrogen-bond donors (Lipinski definition) is 0. The molecular formula is C12H18Cl2O4S. The fourth-order valence-corrected chi connectivity index (χ4v) is 3.93. The molecule has 0 spiro atoms. The van der Waals surface area contributed by atoms with Crippen LogP contribution < -0.4 is 0 Å². The normalized spacial score (nSPS) is 30.7. The van der Waals surface area contributed by atoms with Crippen LogP contribution in [0.3, 0.4) is 0 Å². The van der Waals surface area contributed by atoms with Gasteiger partial charge in [0, 0.05) is 0 Å². The number of rotatable bonds is 4. The summed E-state index contributed by atoms with van der Waals surface area (Å²) < 4.78 is 10.2. The Balaban J connectivity index is 2.70. The Labute approximate surface area is 127 Å². The van der Waals surface area contributed by atoms with Gasteiger partial charge in [0.25, 0.3) is 0 Å². The van der Waals surface area contributed by atoms with E-state index in [0.29, 0.717) is 0 Å². The molecule has 0 radical (unpaired) electrons. The van der Waals surface area contributed by atoms with Gasteiger partial charge in [-0.3, -0.25) is 9.59 Å². The summed E-state index contributed by atoms with van der Waals surface area (Å²) in [6.45, 7) is 7.01. The van der Waals surface area contributed by atoms with E-state index in [-0.39, 0.29) is 12.2 Å². The van der Waals surface area contributed by atoms with E-state index in [1.165, 1.54) is 0 Å². The molecule has 0 aromatic rings. The van der Waals surface area contributed by atoms with Crippen LogP contribution in [0, 0.1) is 0 Å². The van der Waals surface area contributed by atoms with Crippen LogP contribution in [0.2, 0.25) is 0 Å². The van der Waals surface area contributed by atoms with Gasteiger partial charge in [-0.2, -0.15) is 0 Å². The van der Waals surface area contributed by atoms with Gasteiger partial charge in [0.15, 0.2) is 0 Å². The van der Waals surface area contributed by atoms with E-state index in [4.69, 9.17) is 32.7 Å². The van der Waals surface area contributed by atoms with Crippen molar-refractivity contribution in [2.45, 2.75) is 61.2 Å². The molecule has 1 saturated heterocycles. The first-order chi connectivity index (χ1) is 8.73. The fraction of sp³-hybridized carbons (Fsp3) is 0.833. The molecule has 0 aromatic carbocycles. The molecule has 1 aliphatic rings. The first-order valence-corrected chi connectivity index (χ1v) is 7.90. The van der Waals surface area contributed by atoms with Crippen molar-refractivity contribution in [3.8, 4) is 0 Å². The number of carbonyl (C=O) groups excluding carboxylic acids is 2. The monoisotopic (exact) mass is 328 g/mol. The summed E-state index contributed by atoms with van der Waals surface area (Å²) in [4.78, 5) is 23.7. The van der Waals surface area contributed by atoms with Crippen LogP contribution in [0.15, 0.2) is 0 Å². The van der Waals surface area contributed by atoms with E-state index < -0.39 is 33.2 Å². The Morgan fingerprint density at radius 1 is 0.895 bits per heavy atom. The minimum Gasteiger partial charge on any atom is -0.462 e. The maximum absolute atomic E-state index is 11.9. The highest BCUT2D eigenvalue weighted by molar-refractivity contribution is 8.02. The molecule has 4 atom stereocenters. The second-order valence-electron chi connectivity index (χ2n) is 4.84. The van der Waals surface area contributed by atoms with Crippen LogP contribution in [0.1, 0.15) is 27.7 Å². The molecule has 1 aliphatic heterocycles. The highest BCUT2D eigenvalue weighted by Gasteiger charge is 2.50. The lowest BCUT2D eigenvalue weighted by Crippen LogP contribution is -2.33. The maximum Gasteiger partial charge on any atom is 0.320 e. The van der Waals surface area contributed by atoms with E-state index in [2.05, 4.69) is 0 Å². The highest BCUT2D eigenvalue weighted by atomic mass is 35.5. The molecule has 7 heteroatoms. The predicted molar refractivity (Wildman–Crippen MR) is 76.9 cm³/mol. The summed E-state index contributed by atoms with van der Waals surface area (Å²) in [5, 5.41) is -2.59. The molecule has 4 unspecified atom stereocenters. The van der Waals surface area contributed by atoms with Crippen molar-refractivity contribution in [2.24, 2.45) is 0 Å². The van der Waals surface area contributed by atoms with Gasteiger partial charge in [-0.15, -0.1) is 35.0 Å². The molecule has 0 amide bonds. The number of alkyl halides is 2. The van der Waals surface area contributed by atoms with Crippen molar-refractivity contribution in [1.82, 2.24) is 0 Å². The minimum atomic E-state index is -0.650. The van der Waals surface area contributed by atoms with Crippen molar-refractivity contribution in [2.75, 3.05) is 0 Å². The second-order valence-corrected chi connectivity index (χ2v) is 7.13. The van der Waals surface area contributed by atoms with Crippen molar-refractivity contribution < 1.29 is 19.1 Å². The Morgan fingerprint density at radius 3 is 1.47 bits per heavy atom. The summed E-state index contributed by atoms with van der Waals surface area (Å²) in [7, 11) is 0. The second kappa shape index (κ2) is 7.04. The topological polar surface area (TPSA) is 52.6 Å². The van der Waals surface area contributed by atoms with Crippen molar-refractivity contribution in [3.63, 3.8) is 0 Å². The molecule has 1 fully saturated rings. The van der Waals surface area contributed by atoms with E-state index >= 15 is 0 Å². The van der Waals surface area contributed by atoms with E-state index in [1.54, 1.807) is 27.7 Å². The van der Waals surface area contributed by atoms with Gasteiger partial charge in [0.2, 0.25) is 0 Å². The number of ether oxygens (including phenoxy) is 2. The lowest BCUT2D eigenvalue weighted by molar-refractivity contribution is -0.147. The largest absolute Gasteiger partial charge is 0.462 e. The van der Waals surface area contributed by atoms with Crippen LogP contribution >= 0.6 is 35.0 Å². The molecule has 0 bridgehead atoms. The van der Waals surface area contributed by atoms with Crippen LogP contribution in [0.5, 0.6) is 0 Å². The Kier molecular flexibility index (Phi) is 6.27. The lowest BCUT2D eigenvalue weighted by atomic mass is 10.2. The predicted octanol–water partition coefficient (Wildman–Crippen LogP) is 2.59. The summed E-state index contributed by atoms with van der Waals surface area (Å²) in [6.07, 6.45) is -0.459. The van der Waals surface area contributed by atoms with Gasteiger partial charge < -0.3 is 9.47 Å². The smallest absolute Gasteiger partial charge is 0.320 e. The Bertz CT molecular complexity index is 317. The van der Waals surface area contributed by atoms with Crippen LogP contribution in [0.4, 0.5) is 0 Å². The first-order valence-electron chi connectivity index (χ1n) is 6.08. The van der Waals surface area contributed by atoms with Gasteiger partial charge in [0.05, 0.1) is 23.0 Å². The zero-order valence-corrected chi connectivity index (χ0v) is 13.6. The van der Waals surface area contributed by atoms with Crippen molar-refractivity contribution in [3.05, 3.63) is 0 Å². The number of halogens is 2. The standard InChI is InChI=1S/C12H18Cl2O4S/c1-5(2)17-11(15)9-7(13)8(14)10(19-9)12(16)18-6(3)4/h5-10H,1-4H3. The van der Waals surface area contributed by atoms with Gasteiger partial charge in [-0.25, -0.2) is 0 Å². The summed E-state index contributed by atoms with van der Waals surface area (Å²) in [6, 6.07) is 0. The van der Waals surface area contributed by atoms with Gasteiger partial charge >= 0.3 is 11.9 Å². The zero-order chi connectivity index (χ0) is 14.7. The van der Waals surface area contributed by atoms with Crippen molar-refractivity contribution in [1.29, 1.82) is 0 Å². The summed E-state index contributed by atoms with van der Waals surface area (Å²) in [5.41, 5.74) is 0. The maximum atomic E-state index is 11.9. The minimum absolute atomic E-state index is 0.229. The van der Waals surface area contributed by atoms with Gasteiger partial charge in [-0.05, 0) is 27.7 Å². The average molecular weight is 329 g/mol. The SMILES string of the molecule is CC(C)OC(=O)C1SC(C(=O)OC(C)C)C(Cl)C1Cl. The average Bonchev–Trinajstić information content (AvgIpc) is 2.54. The van der Waals surface area contributed by atoms with Crippen LogP contribution in [0.25, 0.3) is 0 Å². The number of esters is 2. The molecule has 0 aliphatic carbocycles. The van der Waals surface area contributed by atoms with Gasteiger partial charge in [-0.1, -0.05) is 0 Å². The van der Waals surface area contributed by atoms with Crippen LogP contribution in [-0.4, -0.2) is 45.4 Å². The molecule has 0 N–H and O–H groups in total. The lowest BCUT2D eigenvalue weighted by Gasteiger charge is -2.15. The number of thioether (sulfide) groups is 1. The molecule has 0 saturated carbocycles. The third-order valence-electron chi connectivity index (χ3n) is 2.34. The van der Waals surface area contributed by atoms with Crippen molar-refractivity contribution >= 4 is 46.9 Å². The molecule has 0 aromatic heterocycles. The number of carbonyl (C=O) groups is 2. The molecule has 110 valence electrons. The first kappa shape index (κ1) is 16.9. The molecule has 19 heavy (non-hydrogen) atoms. The summed E-state index contributed by atoms with van der Waals surface area (Å²) >= 11 is 13.4. The van der Waals surface area contributed by atoms with Gasteiger partial charge in [0.1, 0.15) is 10.5 Å². The van der Waals surface area contributed by atoms with Crippen LogP contribution in [-0.2, 0) is 19.1 Å². The number of hydrogen-bond acceptors (Lipinski definition) is 5. The van der Waals surface area contributed by atoms with E-state index in [9.17, 15) is 9.59 Å². The summed E-state index contributed by atoms with van der Waals surface area (Å²) in [5.74, 6) is -0.879. The quantitative estimate of drug-likeness (QED) is 0.586. The molecular weight excluding hydrogens is 311 g/mol. The van der Waals surface area contributed by atoms with E-state index in [1.807, 2.05) is 0 Å². The van der Waals surface area contributed by atoms with E-state index in [0.717, 1.165) is 11.8 Å². The third kappa shape index (κ3) is 4.43. The fourth-order valence-electron chi connectivity index (χ4n) is 1.61. The Hall–Kier alpha value is -0.130. The Morgan fingerprint density at radius 2 is 1.21 bits per heavy atom. The molecule has 1 rings (SSSR count).